The van der Waals surface area contributed by atoms with Gasteiger partial charge >= 0.3 is 6.18 Å². The second-order valence-corrected chi connectivity index (χ2v) is 8.95. The van der Waals surface area contributed by atoms with E-state index in [1.54, 1.807) is 0 Å². The molecule has 0 unspecified atom stereocenters. The van der Waals surface area contributed by atoms with Crippen molar-refractivity contribution < 1.29 is 27.1 Å². The molecule has 1 aliphatic carbocycles. The van der Waals surface area contributed by atoms with Gasteiger partial charge < -0.3 is 10.1 Å². The first-order valence-corrected chi connectivity index (χ1v) is 10.6. The van der Waals surface area contributed by atoms with Gasteiger partial charge in [-0.15, -0.1) is 0 Å². The highest BCUT2D eigenvalue weighted by Crippen LogP contribution is 2.51. The summed E-state index contributed by atoms with van der Waals surface area (Å²) in [7, 11) is 0. The molecule has 31 heavy (non-hydrogen) atoms. The van der Waals surface area contributed by atoms with E-state index in [1.807, 2.05) is 6.92 Å². The summed E-state index contributed by atoms with van der Waals surface area (Å²) in [5.74, 6) is -0.785. The number of anilines is 1. The minimum atomic E-state index is -4.40. The molecule has 1 amide bonds. The Bertz CT molecular complexity index is 1000. The summed E-state index contributed by atoms with van der Waals surface area (Å²) in [5.41, 5.74) is -0.114. The first-order chi connectivity index (χ1) is 14.6. The fraction of sp³-hybridized carbons (Fsp3) is 0.435. The topological polar surface area (TPSA) is 38.3 Å². The molecule has 3 nitrogen and oxygen atoms in total. The van der Waals surface area contributed by atoms with Crippen LogP contribution in [0.4, 0.5) is 23.2 Å². The normalized spacial score (nSPS) is 23.9. The number of fused-ring (bicyclic) bond motifs is 2. The Balaban J connectivity index is 1.42. The van der Waals surface area contributed by atoms with Crippen molar-refractivity contribution in [1.82, 2.24) is 0 Å². The number of hydrogen-bond donors (Lipinski definition) is 1. The zero-order valence-electron chi connectivity index (χ0n) is 16.9. The van der Waals surface area contributed by atoms with Gasteiger partial charge in [0.15, 0.2) is 0 Å². The van der Waals surface area contributed by atoms with Crippen LogP contribution in [0, 0.1) is 17.7 Å². The summed E-state index contributed by atoms with van der Waals surface area (Å²) in [5, 5.41) is 2.88. The number of benzene rings is 2. The lowest BCUT2D eigenvalue weighted by Crippen LogP contribution is -2.37. The number of nitrogens with one attached hydrogen (secondary N) is 1. The van der Waals surface area contributed by atoms with Gasteiger partial charge in [-0.05, 0) is 61.9 Å². The fourth-order valence-electron chi connectivity index (χ4n) is 4.71. The maximum Gasteiger partial charge on any atom is 0.416 e. The Morgan fingerprint density at radius 3 is 2.55 bits per heavy atom. The summed E-state index contributed by atoms with van der Waals surface area (Å²) >= 11 is 5.75. The van der Waals surface area contributed by atoms with Crippen LogP contribution in [-0.4, -0.2) is 12.5 Å². The Morgan fingerprint density at radius 1 is 1.19 bits per heavy atom. The van der Waals surface area contributed by atoms with Gasteiger partial charge in [0.25, 0.3) is 0 Å². The van der Waals surface area contributed by atoms with Crippen molar-refractivity contribution in [1.29, 1.82) is 0 Å². The Hall–Kier alpha value is -2.28. The highest BCUT2D eigenvalue weighted by Gasteiger charge is 2.45. The van der Waals surface area contributed by atoms with E-state index in [0.29, 0.717) is 12.4 Å². The van der Waals surface area contributed by atoms with Crippen LogP contribution in [0.5, 0.6) is 5.75 Å². The first-order valence-electron chi connectivity index (χ1n) is 10.2. The molecule has 2 aliphatic rings. The van der Waals surface area contributed by atoms with Crippen molar-refractivity contribution >= 4 is 23.2 Å². The van der Waals surface area contributed by atoms with E-state index in [0.717, 1.165) is 49.4 Å². The molecule has 4 rings (SSSR count). The smallest absolute Gasteiger partial charge is 0.416 e. The van der Waals surface area contributed by atoms with Gasteiger partial charge in [0.1, 0.15) is 11.6 Å². The number of amides is 1. The molecular weight excluding hydrogens is 434 g/mol. The van der Waals surface area contributed by atoms with Crippen LogP contribution in [0.2, 0.25) is 5.02 Å². The van der Waals surface area contributed by atoms with Crippen LogP contribution < -0.4 is 10.1 Å². The van der Waals surface area contributed by atoms with Crippen molar-refractivity contribution in [2.24, 2.45) is 11.8 Å². The van der Waals surface area contributed by atoms with Crippen LogP contribution in [-0.2, 0) is 16.4 Å². The second kappa shape index (κ2) is 8.01. The third kappa shape index (κ3) is 4.25. The standard InChI is InChI=1S/C23H22ClF4NO2/c1-13(21(30)29-19-5-3-16(24)11-18(19)25)14-6-8-22(9-7-14)12-31-20-10-15(23(26,27)28)2-4-17(20)22/h2-5,10-11,13-14H,6-9,12H2,1H3,(H,29,30)/t13-,14?,22?/m0/s1. The molecule has 166 valence electrons. The molecule has 1 spiro atoms. The lowest BCUT2D eigenvalue weighted by Gasteiger charge is -2.38. The van der Waals surface area contributed by atoms with Crippen LogP contribution in [0.25, 0.3) is 0 Å². The molecule has 1 N–H and O–H groups in total. The number of rotatable bonds is 3. The molecular formula is C23H22ClF4NO2. The van der Waals surface area contributed by atoms with E-state index in [-0.39, 0.29) is 33.9 Å². The summed E-state index contributed by atoms with van der Waals surface area (Å²) in [6.45, 7) is 2.17. The minimum Gasteiger partial charge on any atom is -0.492 e. The molecule has 1 heterocycles. The minimum absolute atomic E-state index is 0.0899. The largest absolute Gasteiger partial charge is 0.492 e. The van der Waals surface area contributed by atoms with Crippen molar-refractivity contribution in [3.05, 3.63) is 58.4 Å². The van der Waals surface area contributed by atoms with Gasteiger partial charge in [-0.1, -0.05) is 24.6 Å². The molecule has 0 bridgehead atoms. The van der Waals surface area contributed by atoms with E-state index >= 15 is 0 Å². The molecule has 1 atom stereocenters. The first kappa shape index (κ1) is 21.9. The summed E-state index contributed by atoms with van der Waals surface area (Å²) in [6, 6.07) is 7.81. The third-order valence-electron chi connectivity index (χ3n) is 6.68. The third-order valence-corrected chi connectivity index (χ3v) is 6.92. The van der Waals surface area contributed by atoms with E-state index in [1.165, 1.54) is 18.2 Å². The van der Waals surface area contributed by atoms with Crippen LogP contribution in [0.1, 0.15) is 43.7 Å². The maximum absolute atomic E-state index is 14.0. The van der Waals surface area contributed by atoms with Crippen LogP contribution >= 0.6 is 11.6 Å². The number of hydrogen-bond acceptors (Lipinski definition) is 2. The summed E-state index contributed by atoms with van der Waals surface area (Å²) in [4.78, 5) is 12.6. The van der Waals surface area contributed by atoms with Crippen molar-refractivity contribution in [2.75, 3.05) is 11.9 Å². The van der Waals surface area contributed by atoms with Crippen molar-refractivity contribution in [3.63, 3.8) is 0 Å². The predicted molar refractivity (Wildman–Crippen MR) is 110 cm³/mol. The molecule has 8 heteroatoms. The lowest BCUT2D eigenvalue weighted by molar-refractivity contribution is -0.137. The van der Waals surface area contributed by atoms with Crippen molar-refractivity contribution in [3.8, 4) is 5.75 Å². The summed E-state index contributed by atoms with van der Waals surface area (Å²) < 4.78 is 58.6. The average molecular weight is 456 g/mol. The average Bonchev–Trinajstić information content (AvgIpc) is 3.07. The van der Waals surface area contributed by atoms with Gasteiger partial charge in [0.05, 0.1) is 17.9 Å². The molecule has 1 fully saturated rings. The van der Waals surface area contributed by atoms with Gasteiger partial charge in [0.2, 0.25) is 5.91 Å². The highest BCUT2D eigenvalue weighted by molar-refractivity contribution is 6.30. The molecule has 0 radical (unpaired) electrons. The molecule has 0 saturated heterocycles. The molecule has 2 aromatic carbocycles. The number of alkyl halides is 3. The Morgan fingerprint density at radius 2 is 1.90 bits per heavy atom. The van der Waals surface area contributed by atoms with E-state index in [4.69, 9.17) is 16.3 Å². The highest BCUT2D eigenvalue weighted by atomic mass is 35.5. The number of carbonyl (C=O) groups excluding carboxylic acids is 1. The van der Waals surface area contributed by atoms with Crippen LogP contribution in [0.3, 0.4) is 0 Å². The predicted octanol–water partition coefficient (Wildman–Crippen LogP) is 6.59. The van der Waals surface area contributed by atoms with Gasteiger partial charge in [-0.25, -0.2) is 4.39 Å². The zero-order chi connectivity index (χ0) is 22.4. The number of carbonyl (C=O) groups is 1. The Kier molecular flexibility index (Phi) is 5.66. The van der Waals surface area contributed by atoms with E-state index < -0.39 is 17.6 Å². The SMILES string of the molecule is C[C@H](C(=O)Nc1ccc(Cl)cc1F)C1CCC2(CC1)COc1cc(C(F)(F)F)ccc12. The van der Waals surface area contributed by atoms with Gasteiger partial charge in [0, 0.05) is 21.9 Å². The zero-order valence-corrected chi connectivity index (χ0v) is 17.6. The summed E-state index contributed by atoms with van der Waals surface area (Å²) in [6.07, 6.45) is -1.48. The molecule has 2 aromatic rings. The second-order valence-electron chi connectivity index (χ2n) is 8.52. The number of ether oxygens (including phenoxy) is 1. The van der Waals surface area contributed by atoms with E-state index in [2.05, 4.69) is 5.32 Å². The monoisotopic (exact) mass is 455 g/mol. The maximum atomic E-state index is 14.0. The van der Waals surface area contributed by atoms with Gasteiger partial charge in [-0.2, -0.15) is 13.2 Å². The van der Waals surface area contributed by atoms with Crippen molar-refractivity contribution in [2.45, 2.75) is 44.2 Å². The molecule has 1 aliphatic heterocycles. The molecule has 0 aromatic heterocycles. The lowest BCUT2D eigenvalue weighted by atomic mass is 9.65. The van der Waals surface area contributed by atoms with Crippen LogP contribution in [0.15, 0.2) is 36.4 Å². The molecule has 1 saturated carbocycles. The van der Waals surface area contributed by atoms with Gasteiger partial charge in [-0.3, -0.25) is 4.79 Å². The quantitative estimate of drug-likeness (QED) is 0.530. The van der Waals surface area contributed by atoms with E-state index in [9.17, 15) is 22.4 Å². The fourth-order valence-corrected chi connectivity index (χ4v) is 4.87. The Labute approximate surface area is 182 Å². The number of halogens is 5.